The average molecular weight is 267 g/mol. The number of rotatable bonds is 4. The number of likely N-dealkylation sites (tertiary alicyclic amines) is 1. The molecule has 4 nitrogen and oxygen atoms in total. The molecule has 0 spiro atoms. The molecule has 108 valence electrons. The average Bonchev–Trinajstić information content (AvgIpc) is 2.89. The lowest BCUT2D eigenvalue weighted by atomic mass is 9.91. The van der Waals surface area contributed by atoms with Crippen LogP contribution in [-0.4, -0.2) is 35.0 Å². The van der Waals surface area contributed by atoms with Crippen molar-refractivity contribution in [3.05, 3.63) is 0 Å². The highest BCUT2D eigenvalue weighted by molar-refractivity contribution is 5.81. The first-order valence-corrected chi connectivity index (χ1v) is 7.63. The third-order valence-corrected chi connectivity index (χ3v) is 4.75. The first-order chi connectivity index (χ1) is 9.11. The maximum atomic E-state index is 12.4. The number of nitrogens with zero attached hydrogens (tertiary/aromatic N) is 1. The molecule has 1 heterocycles. The number of amides is 1. The van der Waals surface area contributed by atoms with Gasteiger partial charge in [-0.1, -0.05) is 19.8 Å². The van der Waals surface area contributed by atoms with Crippen LogP contribution in [0.5, 0.6) is 0 Å². The molecule has 1 amide bonds. The Labute approximate surface area is 115 Å². The lowest BCUT2D eigenvalue weighted by molar-refractivity contribution is -0.141. The van der Waals surface area contributed by atoms with Crippen LogP contribution < -0.4 is 0 Å². The summed E-state index contributed by atoms with van der Waals surface area (Å²) in [5.41, 5.74) is 0. The van der Waals surface area contributed by atoms with Crippen LogP contribution in [0.4, 0.5) is 0 Å². The van der Waals surface area contributed by atoms with Gasteiger partial charge in [-0.2, -0.15) is 0 Å². The lowest BCUT2D eigenvalue weighted by Gasteiger charge is -2.33. The predicted molar refractivity (Wildman–Crippen MR) is 72.7 cm³/mol. The highest BCUT2D eigenvalue weighted by Crippen LogP contribution is 2.33. The fourth-order valence-corrected chi connectivity index (χ4v) is 3.54. The Hall–Kier alpha value is -1.06. The van der Waals surface area contributed by atoms with Crippen molar-refractivity contribution in [2.75, 3.05) is 13.1 Å². The molecule has 0 aromatic rings. The third kappa shape index (κ3) is 3.48. The summed E-state index contributed by atoms with van der Waals surface area (Å²) in [6.07, 6.45) is 6.70. The van der Waals surface area contributed by atoms with E-state index in [0.717, 1.165) is 38.3 Å². The van der Waals surface area contributed by atoms with Crippen LogP contribution in [0.25, 0.3) is 0 Å². The number of aliphatic carboxylic acids is 1. The van der Waals surface area contributed by atoms with Crippen molar-refractivity contribution < 1.29 is 14.7 Å². The SMILES string of the molecule is CCCC1CCN(C(=O)[C@@H]2CC[C@H](C(=O)O)C2)CC1. The Morgan fingerprint density at radius 2 is 1.74 bits per heavy atom. The molecule has 2 rings (SSSR count). The summed E-state index contributed by atoms with van der Waals surface area (Å²) >= 11 is 0. The van der Waals surface area contributed by atoms with Gasteiger partial charge in [0.05, 0.1) is 5.92 Å². The van der Waals surface area contributed by atoms with Crippen LogP contribution in [-0.2, 0) is 9.59 Å². The summed E-state index contributed by atoms with van der Waals surface area (Å²) in [6, 6.07) is 0. The first kappa shape index (κ1) is 14.4. The summed E-state index contributed by atoms with van der Waals surface area (Å²) in [4.78, 5) is 25.3. The molecule has 2 aliphatic rings. The molecular weight excluding hydrogens is 242 g/mol. The minimum Gasteiger partial charge on any atom is -0.481 e. The van der Waals surface area contributed by atoms with Gasteiger partial charge in [0.1, 0.15) is 0 Å². The zero-order valence-electron chi connectivity index (χ0n) is 11.8. The van der Waals surface area contributed by atoms with Gasteiger partial charge in [0.15, 0.2) is 0 Å². The molecule has 1 saturated heterocycles. The minimum atomic E-state index is -0.739. The molecule has 2 atom stereocenters. The van der Waals surface area contributed by atoms with Crippen molar-refractivity contribution >= 4 is 11.9 Å². The van der Waals surface area contributed by atoms with E-state index in [0.29, 0.717) is 12.8 Å². The second-order valence-electron chi connectivity index (χ2n) is 6.10. The molecule has 0 aromatic carbocycles. The molecule has 0 radical (unpaired) electrons. The van der Waals surface area contributed by atoms with E-state index in [9.17, 15) is 9.59 Å². The van der Waals surface area contributed by atoms with Crippen LogP contribution in [0.2, 0.25) is 0 Å². The third-order valence-electron chi connectivity index (χ3n) is 4.75. The monoisotopic (exact) mass is 267 g/mol. The molecule has 1 aliphatic carbocycles. The van der Waals surface area contributed by atoms with Gasteiger partial charge >= 0.3 is 5.97 Å². The van der Waals surface area contributed by atoms with Crippen LogP contribution in [0.1, 0.15) is 51.9 Å². The topological polar surface area (TPSA) is 57.6 Å². The number of carbonyl (C=O) groups is 2. The van der Waals surface area contributed by atoms with Crippen LogP contribution in [0.3, 0.4) is 0 Å². The number of carboxylic acids is 1. The smallest absolute Gasteiger partial charge is 0.306 e. The zero-order chi connectivity index (χ0) is 13.8. The Bertz CT molecular complexity index is 334. The number of carboxylic acid groups (broad SMARTS) is 1. The van der Waals surface area contributed by atoms with Gasteiger partial charge in [-0.25, -0.2) is 0 Å². The predicted octanol–water partition coefficient (Wildman–Crippen LogP) is 2.53. The summed E-state index contributed by atoms with van der Waals surface area (Å²) in [5, 5.41) is 8.99. The van der Waals surface area contributed by atoms with E-state index in [1.807, 2.05) is 4.90 Å². The highest BCUT2D eigenvalue weighted by Gasteiger charge is 2.36. The maximum absolute atomic E-state index is 12.4. The number of hydrogen-bond donors (Lipinski definition) is 1. The van der Waals surface area contributed by atoms with E-state index in [2.05, 4.69) is 6.92 Å². The Morgan fingerprint density at radius 3 is 2.26 bits per heavy atom. The van der Waals surface area contributed by atoms with Gasteiger partial charge in [-0.3, -0.25) is 9.59 Å². The highest BCUT2D eigenvalue weighted by atomic mass is 16.4. The van der Waals surface area contributed by atoms with Crippen molar-refractivity contribution in [3.63, 3.8) is 0 Å². The molecule has 19 heavy (non-hydrogen) atoms. The molecule has 1 saturated carbocycles. The Morgan fingerprint density at radius 1 is 1.11 bits per heavy atom. The first-order valence-electron chi connectivity index (χ1n) is 7.63. The summed E-state index contributed by atoms with van der Waals surface area (Å²) < 4.78 is 0. The van der Waals surface area contributed by atoms with Crippen molar-refractivity contribution in [1.82, 2.24) is 4.90 Å². The van der Waals surface area contributed by atoms with Gasteiger partial charge in [-0.15, -0.1) is 0 Å². The molecular formula is C15H25NO3. The fourth-order valence-electron chi connectivity index (χ4n) is 3.54. The van der Waals surface area contributed by atoms with Crippen molar-refractivity contribution in [2.24, 2.45) is 17.8 Å². The van der Waals surface area contributed by atoms with Crippen molar-refractivity contribution in [2.45, 2.75) is 51.9 Å². The van der Waals surface area contributed by atoms with E-state index in [1.165, 1.54) is 12.8 Å². The molecule has 2 fully saturated rings. The van der Waals surface area contributed by atoms with E-state index in [1.54, 1.807) is 0 Å². The molecule has 0 unspecified atom stereocenters. The molecule has 4 heteroatoms. The molecule has 0 aromatic heterocycles. The van der Waals surface area contributed by atoms with Crippen LogP contribution >= 0.6 is 0 Å². The Balaban J connectivity index is 1.80. The number of piperidine rings is 1. The second-order valence-corrected chi connectivity index (χ2v) is 6.10. The quantitative estimate of drug-likeness (QED) is 0.851. The van der Waals surface area contributed by atoms with Crippen molar-refractivity contribution in [1.29, 1.82) is 0 Å². The summed E-state index contributed by atoms with van der Waals surface area (Å²) in [7, 11) is 0. The van der Waals surface area contributed by atoms with Crippen LogP contribution in [0, 0.1) is 17.8 Å². The van der Waals surface area contributed by atoms with E-state index in [-0.39, 0.29) is 17.7 Å². The van der Waals surface area contributed by atoms with Gasteiger partial charge < -0.3 is 10.0 Å². The van der Waals surface area contributed by atoms with E-state index < -0.39 is 5.97 Å². The van der Waals surface area contributed by atoms with Gasteiger partial charge in [0, 0.05) is 19.0 Å². The summed E-state index contributed by atoms with van der Waals surface area (Å²) in [6.45, 7) is 3.96. The minimum absolute atomic E-state index is 0.0381. The number of hydrogen-bond acceptors (Lipinski definition) is 2. The fraction of sp³-hybridized carbons (Fsp3) is 0.867. The van der Waals surface area contributed by atoms with Crippen LogP contribution in [0.15, 0.2) is 0 Å². The summed E-state index contributed by atoms with van der Waals surface area (Å²) in [5.74, 6) is -0.0875. The van der Waals surface area contributed by atoms with Crippen molar-refractivity contribution in [3.8, 4) is 0 Å². The van der Waals surface area contributed by atoms with Gasteiger partial charge in [-0.05, 0) is 38.0 Å². The Kier molecular flexibility index (Phi) is 4.83. The molecule has 0 bridgehead atoms. The standard InChI is InChI=1S/C15H25NO3/c1-2-3-11-6-8-16(9-7-11)14(17)12-4-5-13(10-12)15(18)19/h11-13H,2-10H2,1H3,(H,18,19)/t12-,13+/m1/s1. The number of carbonyl (C=O) groups excluding carboxylic acids is 1. The normalized spacial score (nSPS) is 28.6. The zero-order valence-corrected chi connectivity index (χ0v) is 11.8. The molecule has 1 N–H and O–H groups in total. The second kappa shape index (κ2) is 6.40. The van der Waals surface area contributed by atoms with Gasteiger partial charge in [0.25, 0.3) is 0 Å². The maximum Gasteiger partial charge on any atom is 0.306 e. The van der Waals surface area contributed by atoms with E-state index in [4.69, 9.17) is 5.11 Å². The largest absolute Gasteiger partial charge is 0.481 e. The van der Waals surface area contributed by atoms with E-state index >= 15 is 0 Å². The van der Waals surface area contributed by atoms with Gasteiger partial charge in [0.2, 0.25) is 5.91 Å². The molecule has 1 aliphatic heterocycles. The lowest BCUT2D eigenvalue weighted by Crippen LogP contribution is -2.41.